The topological polar surface area (TPSA) is 29.5 Å². The van der Waals surface area contributed by atoms with Crippen molar-refractivity contribution in [2.75, 3.05) is 0 Å². The Morgan fingerprint density at radius 1 is 1.21 bits per heavy atom. The predicted octanol–water partition coefficient (Wildman–Crippen LogP) is 3.99. The second-order valence-electron chi connectivity index (χ2n) is 3.98. The van der Waals surface area contributed by atoms with Gasteiger partial charge in [-0.15, -0.1) is 11.3 Å². The van der Waals surface area contributed by atoms with Gasteiger partial charge in [0.1, 0.15) is 11.9 Å². The smallest absolute Gasteiger partial charge is 0.387 e. The average molecular weight is 284 g/mol. The lowest BCUT2D eigenvalue weighted by atomic mass is 10.1. The minimum atomic E-state index is -2.90. The molecule has 102 valence electrons. The van der Waals surface area contributed by atoms with Crippen LogP contribution in [0.1, 0.15) is 28.3 Å². The first-order valence-corrected chi connectivity index (χ1v) is 6.74. The lowest BCUT2D eigenvalue weighted by Gasteiger charge is -2.14. The van der Waals surface area contributed by atoms with Crippen molar-refractivity contribution in [3.8, 4) is 5.75 Å². The third kappa shape index (κ3) is 3.30. The summed E-state index contributed by atoms with van der Waals surface area (Å²) < 4.78 is 29.1. The van der Waals surface area contributed by atoms with E-state index in [1.54, 1.807) is 18.2 Å². The van der Waals surface area contributed by atoms with Crippen LogP contribution in [-0.4, -0.2) is 11.7 Å². The highest BCUT2D eigenvalue weighted by atomic mass is 32.1. The Bertz CT molecular complexity index is 540. The molecule has 0 amide bonds. The first kappa shape index (κ1) is 14.0. The summed E-state index contributed by atoms with van der Waals surface area (Å²) in [6, 6.07) is 10.0. The van der Waals surface area contributed by atoms with Crippen LogP contribution < -0.4 is 4.74 Å². The summed E-state index contributed by atoms with van der Waals surface area (Å²) in [6.07, 6.45) is -0.0627. The number of ether oxygens (including phenoxy) is 1. The number of hydrogen-bond acceptors (Lipinski definition) is 3. The molecule has 0 radical (unpaired) electrons. The summed E-state index contributed by atoms with van der Waals surface area (Å²) in [5.41, 5.74) is 0.354. The van der Waals surface area contributed by atoms with Crippen LogP contribution in [0.4, 0.5) is 8.78 Å². The molecule has 1 heterocycles. The van der Waals surface area contributed by atoms with E-state index < -0.39 is 12.7 Å². The van der Waals surface area contributed by atoms with E-state index in [1.807, 2.05) is 19.1 Å². The molecule has 1 N–H and O–H groups in total. The van der Waals surface area contributed by atoms with Gasteiger partial charge in [-0.25, -0.2) is 0 Å². The van der Waals surface area contributed by atoms with Gasteiger partial charge in [0, 0.05) is 15.3 Å². The molecule has 0 saturated carbocycles. The van der Waals surface area contributed by atoms with E-state index >= 15 is 0 Å². The summed E-state index contributed by atoms with van der Waals surface area (Å²) in [4.78, 5) is 1.86. The maximum absolute atomic E-state index is 12.3. The zero-order valence-corrected chi connectivity index (χ0v) is 11.2. The lowest BCUT2D eigenvalue weighted by Crippen LogP contribution is -2.07. The van der Waals surface area contributed by atoms with Crippen LogP contribution in [0.5, 0.6) is 5.75 Å². The van der Waals surface area contributed by atoms with E-state index in [0.717, 1.165) is 16.2 Å². The Morgan fingerprint density at radius 3 is 2.58 bits per heavy atom. The van der Waals surface area contributed by atoms with Crippen molar-refractivity contribution >= 4 is 11.3 Å². The number of aryl methyl sites for hydroxylation is 1. The molecule has 5 heteroatoms. The van der Waals surface area contributed by atoms with Gasteiger partial charge < -0.3 is 9.84 Å². The highest BCUT2D eigenvalue weighted by Crippen LogP contribution is 2.34. The molecule has 0 aliphatic rings. The van der Waals surface area contributed by atoms with Crippen LogP contribution in [0.3, 0.4) is 0 Å². The normalized spacial score (nSPS) is 12.7. The first-order valence-electron chi connectivity index (χ1n) is 5.92. The molecule has 1 aromatic carbocycles. The van der Waals surface area contributed by atoms with Crippen LogP contribution >= 0.6 is 11.3 Å². The third-order valence-electron chi connectivity index (χ3n) is 2.73. The number of para-hydroxylation sites is 1. The van der Waals surface area contributed by atoms with Gasteiger partial charge >= 0.3 is 6.61 Å². The number of thiophene rings is 1. The van der Waals surface area contributed by atoms with Gasteiger partial charge in [-0.05, 0) is 24.6 Å². The van der Waals surface area contributed by atoms with Gasteiger partial charge in [-0.1, -0.05) is 25.1 Å². The number of alkyl halides is 2. The molecule has 2 aromatic rings. The fourth-order valence-electron chi connectivity index (χ4n) is 1.79. The van der Waals surface area contributed by atoms with E-state index in [1.165, 1.54) is 17.4 Å². The molecule has 0 saturated heterocycles. The SMILES string of the molecule is CCc1ccc(C(O)c2ccccc2OC(F)F)s1. The lowest BCUT2D eigenvalue weighted by molar-refractivity contribution is -0.0512. The Balaban J connectivity index is 2.29. The largest absolute Gasteiger partial charge is 0.434 e. The molecular weight excluding hydrogens is 270 g/mol. The fourth-order valence-corrected chi connectivity index (χ4v) is 2.75. The predicted molar refractivity (Wildman–Crippen MR) is 70.8 cm³/mol. The van der Waals surface area contributed by atoms with Crippen molar-refractivity contribution in [1.29, 1.82) is 0 Å². The number of benzene rings is 1. The quantitative estimate of drug-likeness (QED) is 0.899. The highest BCUT2D eigenvalue weighted by Gasteiger charge is 2.18. The van der Waals surface area contributed by atoms with Crippen LogP contribution in [0.25, 0.3) is 0 Å². The fraction of sp³-hybridized carbons (Fsp3) is 0.286. The molecule has 1 unspecified atom stereocenters. The number of aliphatic hydroxyl groups excluding tert-OH is 1. The Kier molecular flexibility index (Phi) is 4.50. The molecule has 0 bridgehead atoms. The molecule has 1 atom stereocenters. The Morgan fingerprint density at radius 2 is 1.95 bits per heavy atom. The van der Waals surface area contributed by atoms with Crippen molar-refractivity contribution in [3.63, 3.8) is 0 Å². The molecule has 0 spiro atoms. The molecule has 2 nitrogen and oxygen atoms in total. The van der Waals surface area contributed by atoms with Gasteiger partial charge in [-0.2, -0.15) is 8.78 Å². The van der Waals surface area contributed by atoms with Crippen molar-refractivity contribution in [2.24, 2.45) is 0 Å². The van der Waals surface area contributed by atoms with Crippen molar-refractivity contribution in [3.05, 3.63) is 51.7 Å². The Labute approximate surface area is 114 Å². The van der Waals surface area contributed by atoms with E-state index in [0.29, 0.717) is 5.56 Å². The molecule has 1 aromatic heterocycles. The van der Waals surface area contributed by atoms with Crippen molar-refractivity contribution in [1.82, 2.24) is 0 Å². The zero-order chi connectivity index (χ0) is 13.8. The summed E-state index contributed by atoms with van der Waals surface area (Å²) in [7, 11) is 0. The summed E-state index contributed by atoms with van der Waals surface area (Å²) in [5.74, 6) is 0.0106. The minimum absolute atomic E-state index is 0.0106. The van der Waals surface area contributed by atoms with Gasteiger partial charge in [0.15, 0.2) is 0 Å². The second kappa shape index (κ2) is 6.12. The number of hydrogen-bond donors (Lipinski definition) is 1. The highest BCUT2D eigenvalue weighted by molar-refractivity contribution is 7.12. The zero-order valence-electron chi connectivity index (χ0n) is 10.3. The van der Waals surface area contributed by atoms with Crippen molar-refractivity contribution < 1.29 is 18.6 Å². The van der Waals surface area contributed by atoms with Gasteiger partial charge in [0.25, 0.3) is 0 Å². The van der Waals surface area contributed by atoms with Crippen LogP contribution in [0.2, 0.25) is 0 Å². The molecule has 19 heavy (non-hydrogen) atoms. The van der Waals surface area contributed by atoms with E-state index in [9.17, 15) is 13.9 Å². The molecule has 0 fully saturated rings. The average Bonchev–Trinajstić information content (AvgIpc) is 2.86. The van der Waals surface area contributed by atoms with Crippen LogP contribution in [0.15, 0.2) is 36.4 Å². The summed E-state index contributed by atoms with van der Waals surface area (Å²) in [6.45, 7) is -0.876. The third-order valence-corrected chi connectivity index (χ3v) is 4.01. The number of rotatable bonds is 5. The van der Waals surface area contributed by atoms with E-state index in [4.69, 9.17) is 0 Å². The summed E-state index contributed by atoms with van der Waals surface area (Å²) >= 11 is 1.47. The van der Waals surface area contributed by atoms with Gasteiger partial charge in [0.05, 0.1) is 0 Å². The van der Waals surface area contributed by atoms with E-state index in [-0.39, 0.29) is 5.75 Å². The Hall–Kier alpha value is -1.46. The maximum Gasteiger partial charge on any atom is 0.387 e. The maximum atomic E-state index is 12.3. The second-order valence-corrected chi connectivity index (χ2v) is 5.18. The van der Waals surface area contributed by atoms with Crippen LogP contribution in [0, 0.1) is 0 Å². The summed E-state index contributed by atoms with van der Waals surface area (Å²) in [5, 5.41) is 10.3. The standard InChI is InChI=1S/C14H14F2O2S/c1-2-9-7-8-12(19-9)13(17)10-5-3-4-6-11(10)18-14(15)16/h3-8,13-14,17H,2H2,1H3. The van der Waals surface area contributed by atoms with Gasteiger partial charge in [-0.3, -0.25) is 0 Å². The van der Waals surface area contributed by atoms with Crippen molar-refractivity contribution in [2.45, 2.75) is 26.1 Å². The van der Waals surface area contributed by atoms with Gasteiger partial charge in [0.2, 0.25) is 0 Å². The monoisotopic (exact) mass is 284 g/mol. The molecular formula is C14H14F2O2S. The van der Waals surface area contributed by atoms with E-state index in [2.05, 4.69) is 4.74 Å². The molecule has 2 rings (SSSR count). The number of halogens is 2. The minimum Gasteiger partial charge on any atom is -0.434 e. The first-order chi connectivity index (χ1) is 9.11. The van der Waals surface area contributed by atoms with Crippen LogP contribution in [-0.2, 0) is 6.42 Å². The molecule has 0 aliphatic heterocycles. The molecule has 0 aliphatic carbocycles. The number of aliphatic hydroxyl groups is 1.